The predicted octanol–water partition coefficient (Wildman–Crippen LogP) is 3.51. The van der Waals surface area contributed by atoms with Crippen molar-refractivity contribution < 1.29 is 14.3 Å². The predicted molar refractivity (Wildman–Crippen MR) is 85.3 cm³/mol. The molecule has 1 amide bonds. The Morgan fingerprint density at radius 3 is 2.45 bits per heavy atom. The maximum Gasteiger partial charge on any atom is 0.410 e. The van der Waals surface area contributed by atoms with E-state index in [2.05, 4.69) is 11.1 Å². The molecule has 5 nitrogen and oxygen atoms in total. The first kappa shape index (κ1) is 16.6. The second kappa shape index (κ2) is 6.55. The number of aryl methyl sites for hydroxylation is 1. The zero-order valence-electron chi connectivity index (χ0n) is 14.2. The van der Waals surface area contributed by atoms with Crippen LogP contribution in [0.3, 0.4) is 0 Å². The molecule has 0 spiro atoms. The molecule has 0 unspecified atom stereocenters. The van der Waals surface area contributed by atoms with E-state index in [1.54, 1.807) is 12.0 Å². The number of aromatic nitrogens is 1. The summed E-state index contributed by atoms with van der Waals surface area (Å²) in [4.78, 5) is 18.3. The van der Waals surface area contributed by atoms with Crippen molar-refractivity contribution >= 4 is 6.09 Å². The number of nitrogens with zero attached hydrogens (tertiary/aromatic N) is 2. The van der Waals surface area contributed by atoms with Crippen LogP contribution in [0.4, 0.5) is 4.79 Å². The van der Waals surface area contributed by atoms with E-state index in [0.717, 1.165) is 24.1 Å². The maximum absolute atomic E-state index is 12.1. The van der Waals surface area contributed by atoms with Gasteiger partial charge in [0.1, 0.15) is 5.60 Å². The van der Waals surface area contributed by atoms with Crippen LogP contribution in [0.1, 0.15) is 50.8 Å². The van der Waals surface area contributed by atoms with Gasteiger partial charge in [-0.15, -0.1) is 0 Å². The highest BCUT2D eigenvalue weighted by Crippen LogP contribution is 2.33. The molecule has 0 radical (unpaired) electrons. The van der Waals surface area contributed by atoms with Crippen molar-refractivity contribution in [3.63, 3.8) is 0 Å². The van der Waals surface area contributed by atoms with Gasteiger partial charge < -0.3 is 14.4 Å². The van der Waals surface area contributed by atoms with Crippen molar-refractivity contribution in [2.24, 2.45) is 0 Å². The van der Waals surface area contributed by atoms with Crippen LogP contribution in [0.5, 0.6) is 5.88 Å². The number of carbonyl (C=O) groups is 1. The second-order valence-corrected chi connectivity index (χ2v) is 6.79. The first-order chi connectivity index (χ1) is 10.3. The van der Waals surface area contributed by atoms with Crippen LogP contribution in [0.15, 0.2) is 12.1 Å². The molecule has 1 aliphatic rings. The number of hydrogen-bond donors (Lipinski definition) is 0. The monoisotopic (exact) mass is 306 g/mol. The van der Waals surface area contributed by atoms with E-state index in [1.807, 2.05) is 33.8 Å². The molecule has 0 atom stereocenters. The van der Waals surface area contributed by atoms with Crippen LogP contribution in [0, 0.1) is 6.92 Å². The summed E-state index contributed by atoms with van der Waals surface area (Å²) in [5.74, 6) is 1.08. The quantitative estimate of drug-likeness (QED) is 0.839. The Balaban J connectivity index is 1.99. The van der Waals surface area contributed by atoms with Gasteiger partial charge in [0.2, 0.25) is 5.88 Å². The molecular formula is C17H26N2O3. The molecule has 1 aliphatic heterocycles. The van der Waals surface area contributed by atoms with Crippen LogP contribution in [0.25, 0.3) is 0 Å². The minimum atomic E-state index is -0.446. The molecule has 1 aromatic heterocycles. The zero-order valence-corrected chi connectivity index (χ0v) is 14.2. The fraction of sp³-hybridized carbons (Fsp3) is 0.647. The van der Waals surface area contributed by atoms with Crippen molar-refractivity contribution in [3.8, 4) is 5.88 Å². The molecule has 0 saturated carbocycles. The third-order valence-corrected chi connectivity index (χ3v) is 3.81. The summed E-state index contributed by atoms with van der Waals surface area (Å²) in [6.45, 7) is 9.03. The van der Waals surface area contributed by atoms with Crippen molar-refractivity contribution in [1.82, 2.24) is 9.88 Å². The first-order valence-corrected chi connectivity index (χ1v) is 7.79. The molecule has 122 valence electrons. The largest absolute Gasteiger partial charge is 0.481 e. The summed E-state index contributed by atoms with van der Waals surface area (Å²) in [7, 11) is 1.65. The number of likely N-dealkylation sites (tertiary alicyclic amines) is 1. The number of methoxy groups -OCH3 is 1. The van der Waals surface area contributed by atoms with Gasteiger partial charge in [-0.3, -0.25) is 0 Å². The highest BCUT2D eigenvalue weighted by Gasteiger charge is 2.28. The highest BCUT2D eigenvalue weighted by molar-refractivity contribution is 5.68. The van der Waals surface area contributed by atoms with Crippen LogP contribution in [-0.2, 0) is 4.74 Å². The smallest absolute Gasteiger partial charge is 0.410 e. The van der Waals surface area contributed by atoms with Gasteiger partial charge >= 0.3 is 6.09 Å². The first-order valence-electron chi connectivity index (χ1n) is 7.79. The second-order valence-electron chi connectivity index (χ2n) is 6.79. The molecule has 5 heteroatoms. The van der Waals surface area contributed by atoms with Gasteiger partial charge in [-0.2, -0.15) is 0 Å². The topological polar surface area (TPSA) is 51.7 Å². The van der Waals surface area contributed by atoms with E-state index in [0.29, 0.717) is 24.9 Å². The molecular weight excluding hydrogens is 280 g/mol. The SMILES string of the molecule is COc1nc(C)ccc1C1CCN(C(=O)OC(C)(C)C)CC1. The number of hydrogen-bond acceptors (Lipinski definition) is 4. The van der Waals surface area contributed by atoms with E-state index >= 15 is 0 Å². The van der Waals surface area contributed by atoms with Gasteiger partial charge in [0, 0.05) is 24.3 Å². The average molecular weight is 306 g/mol. The van der Waals surface area contributed by atoms with Crippen molar-refractivity contribution in [2.75, 3.05) is 20.2 Å². The Kier molecular flexibility index (Phi) is 4.94. The Labute approximate surface area is 132 Å². The van der Waals surface area contributed by atoms with E-state index in [9.17, 15) is 4.79 Å². The lowest BCUT2D eigenvalue weighted by Crippen LogP contribution is -2.41. The highest BCUT2D eigenvalue weighted by atomic mass is 16.6. The normalized spacial score (nSPS) is 16.5. The average Bonchev–Trinajstić information content (AvgIpc) is 2.45. The fourth-order valence-electron chi connectivity index (χ4n) is 2.72. The van der Waals surface area contributed by atoms with Crippen molar-refractivity contribution in [3.05, 3.63) is 23.4 Å². The Morgan fingerprint density at radius 1 is 1.27 bits per heavy atom. The number of pyridine rings is 1. The van der Waals surface area contributed by atoms with Gasteiger partial charge in [-0.1, -0.05) is 6.07 Å². The summed E-state index contributed by atoms with van der Waals surface area (Å²) in [5, 5.41) is 0. The van der Waals surface area contributed by atoms with Crippen LogP contribution < -0.4 is 4.74 Å². The molecule has 1 aromatic rings. The maximum atomic E-state index is 12.1. The van der Waals surface area contributed by atoms with E-state index in [1.165, 1.54) is 0 Å². The van der Waals surface area contributed by atoms with Gasteiger partial charge in [0.05, 0.1) is 7.11 Å². The summed E-state index contributed by atoms with van der Waals surface area (Å²) in [5.41, 5.74) is 1.64. The molecule has 22 heavy (non-hydrogen) atoms. The van der Waals surface area contributed by atoms with E-state index < -0.39 is 5.60 Å². The third-order valence-electron chi connectivity index (χ3n) is 3.81. The lowest BCUT2D eigenvalue weighted by Gasteiger charge is -2.33. The molecule has 0 aliphatic carbocycles. The molecule has 0 aromatic carbocycles. The van der Waals surface area contributed by atoms with Gasteiger partial charge in [0.25, 0.3) is 0 Å². The number of rotatable bonds is 2. The third kappa shape index (κ3) is 4.12. The summed E-state index contributed by atoms with van der Waals surface area (Å²) >= 11 is 0. The Hall–Kier alpha value is -1.78. The van der Waals surface area contributed by atoms with E-state index in [-0.39, 0.29) is 6.09 Å². The molecule has 1 saturated heterocycles. The molecule has 2 heterocycles. The number of piperidine rings is 1. The Bertz CT molecular complexity index is 529. The minimum absolute atomic E-state index is 0.222. The molecule has 0 N–H and O–H groups in total. The van der Waals surface area contributed by atoms with Crippen molar-refractivity contribution in [1.29, 1.82) is 0 Å². The van der Waals surface area contributed by atoms with Crippen LogP contribution >= 0.6 is 0 Å². The number of ether oxygens (including phenoxy) is 2. The summed E-state index contributed by atoms with van der Waals surface area (Å²) in [6, 6.07) is 4.10. The van der Waals surface area contributed by atoms with Crippen LogP contribution in [0.2, 0.25) is 0 Å². The fourth-order valence-corrected chi connectivity index (χ4v) is 2.72. The molecule has 0 bridgehead atoms. The van der Waals surface area contributed by atoms with Crippen molar-refractivity contribution in [2.45, 2.75) is 52.1 Å². The zero-order chi connectivity index (χ0) is 16.3. The number of amides is 1. The van der Waals surface area contributed by atoms with Crippen LogP contribution in [-0.4, -0.2) is 41.8 Å². The summed E-state index contributed by atoms with van der Waals surface area (Å²) in [6.07, 6.45) is 1.58. The number of carbonyl (C=O) groups excluding carboxylic acids is 1. The van der Waals surface area contributed by atoms with Gasteiger partial charge in [-0.05, 0) is 52.5 Å². The van der Waals surface area contributed by atoms with Gasteiger partial charge in [0.15, 0.2) is 0 Å². The van der Waals surface area contributed by atoms with Gasteiger partial charge in [-0.25, -0.2) is 9.78 Å². The molecule has 1 fully saturated rings. The minimum Gasteiger partial charge on any atom is -0.481 e. The lowest BCUT2D eigenvalue weighted by molar-refractivity contribution is 0.0204. The summed E-state index contributed by atoms with van der Waals surface area (Å²) < 4.78 is 10.8. The lowest BCUT2D eigenvalue weighted by atomic mass is 9.90. The van der Waals surface area contributed by atoms with E-state index in [4.69, 9.17) is 9.47 Å². The Morgan fingerprint density at radius 2 is 1.91 bits per heavy atom. The standard InChI is InChI=1S/C17H26N2O3/c1-12-6-7-14(15(18-12)21-5)13-8-10-19(11-9-13)16(20)22-17(2,3)4/h6-7,13H,8-11H2,1-5H3. The molecule has 2 rings (SSSR count).